The molecule has 0 unspecified atom stereocenters. The van der Waals surface area contributed by atoms with E-state index in [1.54, 1.807) is 6.92 Å². The third-order valence-corrected chi connectivity index (χ3v) is 1.64. The lowest BCUT2D eigenvalue weighted by molar-refractivity contribution is -0.119. The highest BCUT2D eigenvalue weighted by atomic mass is 16.1. The van der Waals surface area contributed by atoms with Crippen molar-refractivity contribution in [2.75, 3.05) is 0 Å². The topological polar surface area (TPSA) is 43.1 Å². The van der Waals surface area contributed by atoms with Crippen molar-refractivity contribution >= 4 is 5.78 Å². The molecule has 0 radical (unpaired) electrons. The van der Waals surface area contributed by atoms with Gasteiger partial charge in [0, 0.05) is 12.0 Å². The Kier molecular flexibility index (Phi) is 1.67. The lowest BCUT2D eigenvalue weighted by Gasteiger charge is -2.02. The quantitative estimate of drug-likeness (QED) is 0.518. The Morgan fingerprint density at radius 2 is 2.33 bits per heavy atom. The van der Waals surface area contributed by atoms with Crippen molar-refractivity contribution in [3.63, 3.8) is 0 Å². The third-order valence-electron chi connectivity index (χ3n) is 1.64. The van der Waals surface area contributed by atoms with Crippen LogP contribution in [0.1, 0.15) is 13.3 Å². The van der Waals surface area contributed by atoms with E-state index in [4.69, 9.17) is 5.73 Å². The number of carbonyl (C=O) groups is 1. The van der Waals surface area contributed by atoms with Crippen molar-refractivity contribution in [1.29, 1.82) is 0 Å². The van der Waals surface area contributed by atoms with Crippen LogP contribution in [0, 0.1) is 5.92 Å². The van der Waals surface area contributed by atoms with Crippen molar-refractivity contribution in [3.8, 4) is 0 Å². The summed E-state index contributed by atoms with van der Waals surface area (Å²) < 4.78 is 0. The van der Waals surface area contributed by atoms with E-state index in [1.807, 2.05) is 12.2 Å². The Morgan fingerprint density at radius 1 is 1.67 bits per heavy atom. The lowest BCUT2D eigenvalue weighted by Crippen LogP contribution is -2.17. The third kappa shape index (κ3) is 1.39. The van der Waals surface area contributed by atoms with E-state index in [9.17, 15) is 4.79 Å². The van der Waals surface area contributed by atoms with Gasteiger partial charge in [-0.05, 0) is 13.3 Å². The number of rotatable bonds is 1. The zero-order valence-corrected chi connectivity index (χ0v) is 5.50. The summed E-state index contributed by atoms with van der Waals surface area (Å²) in [6, 6.07) is 0.110. The first-order valence-corrected chi connectivity index (χ1v) is 3.14. The maximum atomic E-state index is 10.7. The zero-order chi connectivity index (χ0) is 6.85. The molecule has 1 aliphatic carbocycles. The number of nitrogens with two attached hydrogens (primary N) is 1. The molecule has 1 rings (SSSR count). The SMILES string of the molecule is CC(=O)[C@@H]1C=C[C@H](N)C1. The number of carbonyl (C=O) groups excluding carboxylic acids is 1. The largest absolute Gasteiger partial charge is 0.324 e. The second-order valence-electron chi connectivity index (χ2n) is 2.50. The van der Waals surface area contributed by atoms with Gasteiger partial charge in [0.05, 0.1) is 0 Å². The van der Waals surface area contributed by atoms with Crippen LogP contribution in [0.4, 0.5) is 0 Å². The van der Waals surface area contributed by atoms with Crippen LogP contribution in [0.2, 0.25) is 0 Å². The van der Waals surface area contributed by atoms with Gasteiger partial charge in [-0.25, -0.2) is 0 Å². The minimum Gasteiger partial charge on any atom is -0.324 e. The summed E-state index contributed by atoms with van der Waals surface area (Å²) in [5.41, 5.74) is 5.52. The summed E-state index contributed by atoms with van der Waals surface area (Å²) in [7, 11) is 0. The van der Waals surface area contributed by atoms with Crippen LogP contribution in [0.25, 0.3) is 0 Å². The summed E-state index contributed by atoms with van der Waals surface area (Å²) in [6.07, 6.45) is 4.59. The second kappa shape index (κ2) is 2.31. The molecule has 0 spiro atoms. The Hall–Kier alpha value is -0.630. The second-order valence-corrected chi connectivity index (χ2v) is 2.50. The average Bonchev–Trinajstić information content (AvgIpc) is 2.14. The molecule has 2 heteroatoms. The van der Waals surface area contributed by atoms with Crippen LogP contribution < -0.4 is 5.73 Å². The molecule has 0 aliphatic heterocycles. The van der Waals surface area contributed by atoms with Crippen LogP contribution in [-0.2, 0) is 4.79 Å². The van der Waals surface area contributed by atoms with Gasteiger partial charge in [0.25, 0.3) is 0 Å². The number of allylic oxidation sites excluding steroid dienone is 1. The molecule has 0 aromatic carbocycles. The summed E-state index contributed by atoms with van der Waals surface area (Å²) in [5.74, 6) is 0.319. The fourth-order valence-electron chi connectivity index (χ4n) is 1.03. The Labute approximate surface area is 54.7 Å². The molecule has 0 aromatic heterocycles. The number of hydrogen-bond donors (Lipinski definition) is 1. The molecule has 9 heavy (non-hydrogen) atoms. The van der Waals surface area contributed by atoms with Crippen molar-refractivity contribution in [1.82, 2.24) is 0 Å². The van der Waals surface area contributed by atoms with Gasteiger partial charge in [-0.1, -0.05) is 12.2 Å². The number of Topliss-reactive ketones (excluding diaryl/α,β-unsaturated/α-hetero) is 1. The number of ketones is 1. The molecule has 2 atom stereocenters. The van der Waals surface area contributed by atoms with Gasteiger partial charge >= 0.3 is 0 Å². The fraction of sp³-hybridized carbons (Fsp3) is 0.571. The summed E-state index contributed by atoms with van der Waals surface area (Å²) in [4.78, 5) is 10.7. The maximum absolute atomic E-state index is 10.7. The molecule has 0 saturated heterocycles. The van der Waals surface area contributed by atoms with Crippen LogP contribution >= 0.6 is 0 Å². The molecule has 2 N–H and O–H groups in total. The minimum atomic E-state index is 0.0972. The van der Waals surface area contributed by atoms with Gasteiger partial charge in [-0.3, -0.25) is 4.79 Å². The van der Waals surface area contributed by atoms with Gasteiger partial charge < -0.3 is 5.73 Å². The van der Waals surface area contributed by atoms with Gasteiger partial charge in [0.2, 0.25) is 0 Å². The summed E-state index contributed by atoms with van der Waals surface area (Å²) >= 11 is 0. The van der Waals surface area contributed by atoms with Crippen LogP contribution in [0.5, 0.6) is 0 Å². The molecule has 0 amide bonds. The van der Waals surface area contributed by atoms with E-state index in [0.717, 1.165) is 6.42 Å². The molecular formula is C7H11NO. The Bertz CT molecular complexity index is 151. The Balaban J connectivity index is 2.50. The van der Waals surface area contributed by atoms with Gasteiger partial charge in [0.15, 0.2) is 0 Å². The summed E-state index contributed by atoms with van der Waals surface area (Å²) in [6.45, 7) is 1.60. The summed E-state index contributed by atoms with van der Waals surface area (Å²) in [5, 5.41) is 0. The molecule has 0 fully saturated rings. The van der Waals surface area contributed by atoms with Crippen molar-refractivity contribution in [2.45, 2.75) is 19.4 Å². The molecule has 0 bridgehead atoms. The van der Waals surface area contributed by atoms with Gasteiger partial charge in [-0.2, -0.15) is 0 Å². The van der Waals surface area contributed by atoms with Gasteiger partial charge in [0.1, 0.15) is 5.78 Å². The van der Waals surface area contributed by atoms with E-state index in [-0.39, 0.29) is 17.7 Å². The highest BCUT2D eigenvalue weighted by molar-refractivity contribution is 5.80. The van der Waals surface area contributed by atoms with Crippen molar-refractivity contribution < 1.29 is 4.79 Å². The van der Waals surface area contributed by atoms with Gasteiger partial charge in [-0.15, -0.1) is 0 Å². The Morgan fingerprint density at radius 3 is 2.56 bits per heavy atom. The number of hydrogen-bond acceptors (Lipinski definition) is 2. The molecule has 1 aliphatic rings. The first-order chi connectivity index (χ1) is 4.20. The molecule has 2 nitrogen and oxygen atoms in total. The fourth-order valence-corrected chi connectivity index (χ4v) is 1.03. The van der Waals surface area contributed by atoms with Crippen molar-refractivity contribution in [2.24, 2.45) is 11.7 Å². The van der Waals surface area contributed by atoms with E-state index in [0.29, 0.717) is 0 Å². The predicted molar refractivity (Wildman–Crippen MR) is 35.9 cm³/mol. The molecule has 0 aromatic rings. The highest BCUT2D eigenvalue weighted by Crippen LogP contribution is 2.16. The molecule has 0 saturated carbocycles. The molecule has 50 valence electrons. The van der Waals surface area contributed by atoms with E-state index in [2.05, 4.69) is 0 Å². The first-order valence-electron chi connectivity index (χ1n) is 3.14. The van der Waals surface area contributed by atoms with E-state index >= 15 is 0 Å². The minimum absolute atomic E-state index is 0.0972. The average molecular weight is 125 g/mol. The maximum Gasteiger partial charge on any atom is 0.136 e. The van der Waals surface area contributed by atoms with Crippen LogP contribution in [0.3, 0.4) is 0 Å². The molecular weight excluding hydrogens is 114 g/mol. The van der Waals surface area contributed by atoms with E-state index < -0.39 is 0 Å². The standard InChI is InChI=1S/C7H11NO/c1-5(9)6-2-3-7(8)4-6/h2-3,6-7H,4,8H2,1H3/t6-,7+/m1/s1. The first kappa shape index (κ1) is 6.49. The predicted octanol–water partition coefficient (Wildman–Crippen LogP) is 0.479. The van der Waals surface area contributed by atoms with Crippen molar-refractivity contribution in [3.05, 3.63) is 12.2 Å². The van der Waals surface area contributed by atoms with Crippen LogP contribution in [-0.4, -0.2) is 11.8 Å². The zero-order valence-electron chi connectivity index (χ0n) is 5.50. The smallest absolute Gasteiger partial charge is 0.136 e. The lowest BCUT2D eigenvalue weighted by atomic mass is 10.0. The van der Waals surface area contributed by atoms with E-state index in [1.165, 1.54) is 0 Å². The normalized spacial score (nSPS) is 33.1. The molecule has 0 heterocycles. The van der Waals surface area contributed by atoms with Crippen LogP contribution in [0.15, 0.2) is 12.2 Å². The monoisotopic (exact) mass is 125 g/mol. The highest BCUT2D eigenvalue weighted by Gasteiger charge is 2.18.